The second-order valence-electron chi connectivity index (χ2n) is 5.52. The van der Waals surface area contributed by atoms with Gasteiger partial charge in [0.05, 0.1) is 25.6 Å². The maximum atomic E-state index is 6.06. The zero-order chi connectivity index (χ0) is 14.0. The minimum Gasteiger partial charge on any atom is -0.450 e. The summed E-state index contributed by atoms with van der Waals surface area (Å²) in [5.74, 6) is 1.73. The molecule has 100 valence electrons. The molecule has 0 spiro atoms. The van der Waals surface area contributed by atoms with Crippen LogP contribution in [0.2, 0.25) is 0 Å². The quantitative estimate of drug-likeness (QED) is 0.742. The van der Waals surface area contributed by atoms with Crippen LogP contribution in [0.4, 0.5) is 5.69 Å². The van der Waals surface area contributed by atoms with Crippen molar-refractivity contribution in [2.75, 3.05) is 21.1 Å². The highest BCUT2D eigenvalue weighted by atomic mass is 79.9. The fraction of sp³-hybridized carbons (Fsp3) is 0.250. The largest absolute Gasteiger partial charge is 0.450 e. The molecule has 0 atom stereocenters. The molecule has 0 amide bonds. The van der Waals surface area contributed by atoms with Crippen LogP contribution >= 0.6 is 15.9 Å². The molecular weight excluding hydrogens is 302 g/mol. The van der Waals surface area contributed by atoms with Crippen molar-refractivity contribution in [2.24, 2.45) is 0 Å². The number of rotatable bonds is 3. The summed E-state index contributed by atoms with van der Waals surface area (Å²) in [5, 5.41) is 0. The van der Waals surface area contributed by atoms with Gasteiger partial charge in [0, 0.05) is 6.07 Å². The van der Waals surface area contributed by atoms with Crippen LogP contribution in [0.1, 0.15) is 5.56 Å². The molecule has 19 heavy (non-hydrogen) atoms. The Morgan fingerprint density at radius 2 is 1.63 bits per heavy atom. The number of ether oxygens (including phenoxy) is 1. The highest BCUT2D eigenvalue weighted by Gasteiger charge is 2.20. The van der Waals surface area contributed by atoms with Crippen LogP contribution in [0, 0.1) is 6.92 Å². The number of halogens is 1. The van der Waals surface area contributed by atoms with Gasteiger partial charge in [-0.2, -0.15) is 0 Å². The Bertz CT molecular complexity index is 588. The first-order chi connectivity index (χ1) is 8.88. The van der Waals surface area contributed by atoms with Crippen LogP contribution in [0.25, 0.3) is 0 Å². The Labute approximate surface area is 123 Å². The van der Waals surface area contributed by atoms with Crippen molar-refractivity contribution in [1.29, 1.82) is 0 Å². The molecule has 2 aromatic rings. The van der Waals surface area contributed by atoms with Crippen LogP contribution in [-0.2, 0) is 0 Å². The van der Waals surface area contributed by atoms with Gasteiger partial charge in [-0.05, 0) is 46.6 Å². The molecule has 2 nitrogen and oxygen atoms in total. The van der Waals surface area contributed by atoms with Gasteiger partial charge < -0.3 is 4.74 Å². The lowest BCUT2D eigenvalue weighted by Gasteiger charge is -2.26. The summed E-state index contributed by atoms with van der Waals surface area (Å²) in [5.41, 5.74) is 2.40. The number of nitrogens with zero attached hydrogens (tertiary/aromatic N) is 1. The van der Waals surface area contributed by atoms with Gasteiger partial charge >= 0.3 is 0 Å². The second-order valence-corrected chi connectivity index (χ2v) is 6.37. The third-order valence-corrected chi connectivity index (χ3v) is 3.55. The van der Waals surface area contributed by atoms with E-state index in [-0.39, 0.29) is 0 Å². The third-order valence-electron chi connectivity index (χ3n) is 2.89. The van der Waals surface area contributed by atoms with Gasteiger partial charge in [0.15, 0.2) is 11.4 Å². The minimum absolute atomic E-state index is 0.724. The summed E-state index contributed by atoms with van der Waals surface area (Å²) in [6.07, 6.45) is 0. The summed E-state index contributed by atoms with van der Waals surface area (Å²) < 4.78 is 7.74. The van der Waals surface area contributed by atoms with Crippen molar-refractivity contribution in [1.82, 2.24) is 4.48 Å². The van der Waals surface area contributed by atoms with Crippen molar-refractivity contribution in [2.45, 2.75) is 6.92 Å². The first-order valence-corrected chi connectivity index (χ1v) is 7.02. The minimum atomic E-state index is 0.724. The summed E-state index contributed by atoms with van der Waals surface area (Å²) in [7, 11) is 6.42. The molecule has 0 aliphatic heterocycles. The Hall–Kier alpha value is -1.32. The van der Waals surface area contributed by atoms with Gasteiger partial charge in [0.25, 0.3) is 0 Å². The number of para-hydroxylation sites is 1. The van der Waals surface area contributed by atoms with E-state index in [1.807, 2.05) is 30.3 Å². The van der Waals surface area contributed by atoms with E-state index in [1.165, 1.54) is 5.56 Å². The van der Waals surface area contributed by atoms with Gasteiger partial charge in [-0.1, -0.05) is 18.2 Å². The summed E-state index contributed by atoms with van der Waals surface area (Å²) >= 11 is 3.51. The molecule has 0 unspecified atom stereocenters. The number of benzene rings is 2. The predicted molar refractivity (Wildman–Crippen MR) is 85.0 cm³/mol. The van der Waals surface area contributed by atoms with E-state index >= 15 is 0 Å². The number of aryl methyl sites for hydroxylation is 1. The SMILES string of the molecule is Cc1ccc(Oc2ccccc2Br)c([N+](C)(C)C)c1. The maximum absolute atomic E-state index is 6.06. The average Bonchev–Trinajstić information content (AvgIpc) is 2.33. The molecule has 0 fully saturated rings. The van der Waals surface area contributed by atoms with Crippen LogP contribution in [0.15, 0.2) is 46.9 Å². The third kappa shape index (κ3) is 3.37. The molecule has 0 radical (unpaired) electrons. The Balaban J connectivity index is 2.44. The molecule has 0 saturated carbocycles. The fourth-order valence-electron chi connectivity index (χ4n) is 1.88. The van der Waals surface area contributed by atoms with E-state index in [0.29, 0.717) is 0 Å². The van der Waals surface area contributed by atoms with E-state index in [1.54, 1.807) is 0 Å². The Morgan fingerprint density at radius 1 is 0.947 bits per heavy atom. The Morgan fingerprint density at radius 3 is 2.26 bits per heavy atom. The molecule has 0 aliphatic rings. The summed E-state index contributed by atoms with van der Waals surface area (Å²) in [6, 6.07) is 14.2. The zero-order valence-electron chi connectivity index (χ0n) is 11.8. The first-order valence-electron chi connectivity index (χ1n) is 6.23. The van der Waals surface area contributed by atoms with Gasteiger partial charge in [-0.15, -0.1) is 0 Å². The maximum Gasteiger partial charge on any atom is 0.188 e. The van der Waals surface area contributed by atoms with Gasteiger partial charge in [0.2, 0.25) is 0 Å². The monoisotopic (exact) mass is 320 g/mol. The van der Waals surface area contributed by atoms with E-state index in [4.69, 9.17) is 4.74 Å². The first kappa shape index (κ1) is 14.1. The molecule has 3 heteroatoms. The number of hydrogen-bond donors (Lipinski definition) is 0. The molecule has 0 aromatic heterocycles. The normalized spacial score (nSPS) is 11.4. The summed E-state index contributed by atoms with van der Waals surface area (Å²) in [4.78, 5) is 0. The highest BCUT2D eigenvalue weighted by Crippen LogP contribution is 2.37. The van der Waals surface area contributed by atoms with Crippen LogP contribution in [0.5, 0.6) is 11.5 Å². The number of hydrogen-bond acceptors (Lipinski definition) is 1. The topological polar surface area (TPSA) is 9.23 Å². The molecule has 0 heterocycles. The lowest BCUT2D eigenvalue weighted by Crippen LogP contribution is -2.35. The fourth-order valence-corrected chi connectivity index (χ4v) is 2.25. The van der Waals surface area contributed by atoms with Gasteiger partial charge in [-0.3, -0.25) is 4.48 Å². The van der Waals surface area contributed by atoms with Crippen molar-refractivity contribution < 1.29 is 4.74 Å². The van der Waals surface area contributed by atoms with E-state index in [2.05, 4.69) is 56.1 Å². The van der Waals surface area contributed by atoms with E-state index < -0.39 is 0 Å². The Kier molecular flexibility index (Phi) is 3.97. The van der Waals surface area contributed by atoms with E-state index in [9.17, 15) is 0 Å². The average molecular weight is 321 g/mol. The van der Waals surface area contributed by atoms with E-state index in [0.717, 1.165) is 26.1 Å². The summed E-state index contributed by atoms with van der Waals surface area (Å²) in [6.45, 7) is 2.10. The number of quaternary nitrogens is 1. The molecule has 2 rings (SSSR count). The molecule has 2 aromatic carbocycles. The molecular formula is C16H19BrNO+. The zero-order valence-corrected chi connectivity index (χ0v) is 13.4. The lowest BCUT2D eigenvalue weighted by atomic mass is 10.2. The van der Waals surface area contributed by atoms with Gasteiger partial charge in [-0.25, -0.2) is 0 Å². The van der Waals surface area contributed by atoms with Crippen LogP contribution in [-0.4, -0.2) is 21.1 Å². The molecule has 0 N–H and O–H groups in total. The second kappa shape index (κ2) is 5.35. The van der Waals surface area contributed by atoms with Crippen molar-refractivity contribution in [3.05, 3.63) is 52.5 Å². The molecule has 0 saturated heterocycles. The standard InChI is InChI=1S/C16H19BrNO/c1-12-9-10-16(14(11-12)18(2,3)4)19-15-8-6-5-7-13(15)17/h5-11H,1-4H3/q+1. The smallest absolute Gasteiger partial charge is 0.188 e. The van der Waals surface area contributed by atoms with Crippen LogP contribution in [0.3, 0.4) is 0 Å². The van der Waals surface area contributed by atoms with Gasteiger partial charge in [0.1, 0.15) is 5.75 Å². The van der Waals surface area contributed by atoms with Crippen molar-refractivity contribution in [3.8, 4) is 11.5 Å². The highest BCUT2D eigenvalue weighted by molar-refractivity contribution is 9.10. The van der Waals surface area contributed by atoms with Crippen LogP contribution < -0.4 is 9.22 Å². The molecule has 0 bridgehead atoms. The molecule has 0 aliphatic carbocycles. The van der Waals surface area contributed by atoms with Crippen molar-refractivity contribution in [3.63, 3.8) is 0 Å². The van der Waals surface area contributed by atoms with Crippen molar-refractivity contribution >= 4 is 21.6 Å². The lowest BCUT2D eigenvalue weighted by molar-refractivity contribution is 0.431. The predicted octanol–water partition coefficient (Wildman–Crippen LogP) is 4.75.